The van der Waals surface area contributed by atoms with E-state index in [0.717, 1.165) is 37.1 Å². The molecule has 0 radical (unpaired) electrons. The quantitative estimate of drug-likeness (QED) is 0.874. The Morgan fingerprint density at radius 3 is 2.71 bits per heavy atom. The van der Waals surface area contributed by atoms with Crippen LogP contribution < -0.4 is 15.0 Å². The Kier molecular flexibility index (Phi) is 4.63. The third-order valence-electron chi connectivity index (χ3n) is 4.29. The number of rotatable bonds is 6. The summed E-state index contributed by atoms with van der Waals surface area (Å²) >= 11 is 0. The fourth-order valence-electron chi connectivity index (χ4n) is 3.08. The lowest BCUT2D eigenvalue weighted by atomic mass is 9.97. The van der Waals surface area contributed by atoms with Gasteiger partial charge in [0.05, 0.1) is 6.10 Å². The van der Waals surface area contributed by atoms with Crippen molar-refractivity contribution in [2.75, 3.05) is 24.5 Å². The number of nitrogens with zero attached hydrogens (tertiary/aromatic N) is 2. The van der Waals surface area contributed by atoms with Crippen LogP contribution in [-0.2, 0) is 0 Å². The highest BCUT2D eigenvalue weighted by Gasteiger charge is 2.33. The van der Waals surface area contributed by atoms with Crippen LogP contribution in [-0.4, -0.2) is 36.8 Å². The monoisotopic (exact) mass is 289 g/mol. The molecule has 2 aliphatic rings. The van der Waals surface area contributed by atoms with E-state index in [1.54, 1.807) is 0 Å². The molecule has 21 heavy (non-hydrogen) atoms. The summed E-state index contributed by atoms with van der Waals surface area (Å²) in [4.78, 5) is 7.15. The first-order valence-corrected chi connectivity index (χ1v) is 8.33. The van der Waals surface area contributed by atoms with Crippen LogP contribution >= 0.6 is 0 Å². The standard InChI is InChI=1S/C17H27N3O/c1-13(2)21-16-4-3-9-19-17(16)20(15-5-6-15)12-14-7-10-18-11-8-14/h3-4,9,13-15,18H,5-8,10-12H2,1-2H3. The average Bonchev–Trinajstić information content (AvgIpc) is 3.31. The first-order valence-electron chi connectivity index (χ1n) is 8.33. The van der Waals surface area contributed by atoms with Gasteiger partial charge in [0.25, 0.3) is 0 Å². The minimum Gasteiger partial charge on any atom is -0.487 e. The van der Waals surface area contributed by atoms with Crippen LogP contribution in [0.1, 0.15) is 39.5 Å². The van der Waals surface area contributed by atoms with Crippen molar-refractivity contribution in [2.24, 2.45) is 5.92 Å². The zero-order valence-electron chi connectivity index (χ0n) is 13.2. The van der Waals surface area contributed by atoms with Crippen LogP contribution in [0.25, 0.3) is 0 Å². The molecule has 0 amide bonds. The fourth-order valence-corrected chi connectivity index (χ4v) is 3.08. The molecule has 1 saturated carbocycles. The molecule has 1 aromatic heterocycles. The van der Waals surface area contributed by atoms with E-state index in [-0.39, 0.29) is 6.10 Å². The number of hydrogen-bond acceptors (Lipinski definition) is 4. The molecule has 1 saturated heterocycles. The summed E-state index contributed by atoms with van der Waals surface area (Å²) in [5, 5.41) is 3.45. The smallest absolute Gasteiger partial charge is 0.171 e. The van der Waals surface area contributed by atoms with Crippen molar-refractivity contribution >= 4 is 5.82 Å². The molecular weight excluding hydrogens is 262 g/mol. The van der Waals surface area contributed by atoms with E-state index in [1.165, 1.54) is 25.7 Å². The zero-order valence-corrected chi connectivity index (χ0v) is 13.2. The van der Waals surface area contributed by atoms with Gasteiger partial charge in [-0.05, 0) is 70.7 Å². The van der Waals surface area contributed by atoms with Gasteiger partial charge in [-0.25, -0.2) is 4.98 Å². The van der Waals surface area contributed by atoms with Gasteiger partial charge in [0, 0.05) is 18.8 Å². The summed E-state index contributed by atoms with van der Waals surface area (Å²) < 4.78 is 5.98. The summed E-state index contributed by atoms with van der Waals surface area (Å²) in [5.41, 5.74) is 0. The normalized spacial score (nSPS) is 19.8. The molecule has 3 rings (SSSR count). The number of pyridine rings is 1. The van der Waals surface area contributed by atoms with Crippen LogP contribution in [0.5, 0.6) is 5.75 Å². The number of piperidine rings is 1. The van der Waals surface area contributed by atoms with Crippen LogP contribution in [0.15, 0.2) is 18.3 Å². The summed E-state index contributed by atoms with van der Waals surface area (Å²) in [6.45, 7) is 7.58. The summed E-state index contributed by atoms with van der Waals surface area (Å²) in [6, 6.07) is 4.70. The molecule has 0 atom stereocenters. The maximum Gasteiger partial charge on any atom is 0.171 e. The molecule has 1 aliphatic carbocycles. The minimum atomic E-state index is 0.188. The molecule has 1 aromatic rings. The Balaban J connectivity index is 1.76. The molecule has 0 aromatic carbocycles. The molecule has 4 nitrogen and oxygen atoms in total. The average molecular weight is 289 g/mol. The van der Waals surface area contributed by atoms with Crippen LogP contribution in [0, 0.1) is 5.92 Å². The molecule has 0 unspecified atom stereocenters. The van der Waals surface area contributed by atoms with E-state index in [9.17, 15) is 0 Å². The third-order valence-corrected chi connectivity index (χ3v) is 4.29. The number of anilines is 1. The fraction of sp³-hybridized carbons (Fsp3) is 0.706. The van der Waals surface area contributed by atoms with Gasteiger partial charge in [-0.2, -0.15) is 0 Å². The van der Waals surface area contributed by atoms with Gasteiger partial charge in [0.2, 0.25) is 0 Å². The first kappa shape index (κ1) is 14.6. The second-order valence-electron chi connectivity index (χ2n) is 6.57. The van der Waals surface area contributed by atoms with Gasteiger partial charge in [-0.1, -0.05) is 0 Å². The Morgan fingerprint density at radius 2 is 2.05 bits per heavy atom. The molecule has 2 heterocycles. The largest absolute Gasteiger partial charge is 0.487 e. The lowest BCUT2D eigenvalue weighted by Crippen LogP contribution is -2.38. The molecule has 1 aliphatic heterocycles. The molecular formula is C17H27N3O. The lowest BCUT2D eigenvalue weighted by Gasteiger charge is -2.32. The SMILES string of the molecule is CC(C)Oc1cccnc1N(CC1CCNCC1)C1CC1. The molecule has 1 N–H and O–H groups in total. The number of nitrogens with one attached hydrogen (secondary N) is 1. The number of aromatic nitrogens is 1. The molecule has 4 heteroatoms. The predicted molar refractivity (Wildman–Crippen MR) is 86.0 cm³/mol. The third kappa shape index (κ3) is 3.88. The van der Waals surface area contributed by atoms with Crippen molar-refractivity contribution in [3.8, 4) is 5.75 Å². The van der Waals surface area contributed by atoms with E-state index in [4.69, 9.17) is 4.74 Å². The number of hydrogen-bond donors (Lipinski definition) is 1. The van der Waals surface area contributed by atoms with Gasteiger partial charge in [0.1, 0.15) is 0 Å². The minimum absolute atomic E-state index is 0.188. The van der Waals surface area contributed by atoms with E-state index in [2.05, 4.69) is 35.1 Å². The van der Waals surface area contributed by atoms with E-state index < -0.39 is 0 Å². The van der Waals surface area contributed by atoms with Gasteiger partial charge < -0.3 is 15.0 Å². The van der Waals surface area contributed by atoms with E-state index >= 15 is 0 Å². The zero-order chi connectivity index (χ0) is 14.7. The van der Waals surface area contributed by atoms with Crippen LogP contribution in [0.4, 0.5) is 5.82 Å². The van der Waals surface area contributed by atoms with Crippen LogP contribution in [0.2, 0.25) is 0 Å². The Morgan fingerprint density at radius 1 is 1.29 bits per heavy atom. The highest BCUT2D eigenvalue weighted by atomic mass is 16.5. The predicted octanol–water partition coefficient (Wildman–Crippen LogP) is 2.84. The highest BCUT2D eigenvalue weighted by molar-refractivity contribution is 5.54. The molecule has 2 fully saturated rings. The maximum absolute atomic E-state index is 5.98. The van der Waals surface area contributed by atoms with Crippen molar-refractivity contribution in [1.82, 2.24) is 10.3 Å². The van der Waals surface area contributed by atoms with Crippen molar-refractivity contribution in [3.05, 3.63) is 18.3 Å². The van der Waals surface area contributed by atoms with Crippen molar-refractivity contribution in [2.45, 2.75) is 51.7 Å². The molecule has 0 bridgehead atoms. The van der Waals surface area contributed by atoms with E-state index in [1.807, 2.05) is 12.3 Å². The second kappa shape index (κ2) is 6.65. The Hall–Kier alpha value is -1.29. The highest BCUT2D eigenvalue weighted by Crippen LogP contribution is 2.37. The van der Waals surface area contributed by atoms with Crippen molar-refractivity contribution in [1.29, 1.82) is 0 Å². The van der Waals surface area contributed by atoms with E-state index in [0.29, 0.717) is 6.04 Å². The molecule has 116 valence electrons. The topological polar surface area (TPSA) is 37.4 Å². The lowest BCUT2D eigenvalue weighted by molar-refractivity contribution is 0.241. The van der Waals surface area contributed by atoms with Crippen molar-refractivity contribution < 1.29 is 4.74 Å². The van der Waals surface area contributed by atoms with Gasteiger partial charge in [0.15, 0.2) is 11.6 Å². The first-order chi connectivity index (χ1) is 10.2. The van der Waals surface area contributed by atoms with Gasteiger partial charge >= 0.3 is 0 Å². The summed E-state index contributed by atoms with van der Waals surface area (Å²) in [7, 11) is 0. The Labute approximate surface area is 127 Å². The maximum atomic E-state index is 5.98. The summed E-state index contributed by atoms with van der Waals surface area (Å²) in [5.74, 6) is 2.77. The van der Waals surface area contributed by atoms with Crippen LogP contribution in [0.3, 0.4) is 0 Å². The second-order valence-corrected chi connectivity index (χ2v) is 6.57. The van der Waals surface area contributed by atoms with Gasteiger partial charge in [-0.15, -0.1) is 0 Å². The molecule has 0 spiro atoms. The Bertz CT molecular complexity index is 453. The summed E-state index contributed by atoms with van der Waals surface area (Å²) in [6.07, 6.45) is 7.21. The van der Waals surface area contributed by atoms with Crippen molar-refractivity contribution in [3.63, 3.8) is 0 Å². The number of ether oxygens (including phenoxy) is 1. The van der Waals surface area contributed by atoms with Gasteiger partial charge in [-0.3, -0.25) is 0 Å².